The van der Waals surface area contributed by atoms with E-state index >= 15 is 0 Å². The summed E-state index contributed by atoms with van der Waals surface area (Å²) in [6.07, 6.45) is 0.437. The van der Waals surface area contributed by atoms with Crippen LogP contribution in [0, 0.1) is 0 Å². The van der Waals surface area contributed by atoms with Crippen molar-refractivity contribution in [1.29, 1.82) is 0 Å². The molecule has 2 aromatic heterocycles. The minimum absolute atomic E-state index is 0.0884. The third kappa shape index (κ3) is 5.69. The van der Waals surface area contributed by atoms with Crippen LogP contribution in [-0.4, -0.2) is 56.2 Å². The number of aromatic nitrogens is 4. The molecule has 25 heavy (non-hydrogen) atoms. The molecule has 0 saturated carbocycles. The van der Waals surface area contributed by atoms with Crippen LogP contribution < -0.4 is 20.6 Å². The van der Waals surface area contributed by atoms with Gasteiger partial charge in [0.1, 0.15) is 13.2 Å². The second-order valence-electron chi connectivity index (χ2n) is 4.96. The van der Waals surface area contributed by atoms with Gasteiger partial charge in [-0.15, -0.1) is 10.2 Å². The molecule has 0 aromatic carbocycles. The van der Waals surface area contributed by atoms with Crippen molar-refractivity contribution in [2.75, 3.05) is 26.4 Å². The molecule has 0 radical (unpaired) electrons. The first kappa shape index (κ1) is 18.6. The van der Waals surface area contributed by atoms with Crippen LogP contribution >= 0.6 is 0 Å². The normalized spacial score (nSPS) is 10.6. The number of rotatable bonds is 10. The van der Waals surface area contributed by atoms with E-state index in [0.717, 1.165) is 0 Å². The molecule has 10 nitrogen and oxygen atoms in total. The predicted octanol–water partition coefficient (Wildman–Crippen LogP) is -1.37. The van der Waals surface area contributed by atoms with Gasteiger partial charge >= 0.3 is 0 Å². The molecule has 2 rings (SSSR count). The number of aryl methyl sites for hydroxylation is 2. The fraction of sp³-hybridized carbons (Fsp3) is 0.467. The topological polar surface area (TPSA) is 129 Å². The van der Waals surface area contributed by atoms with E-state index in [1.54, 1.807) is 0 Å². The van der Waals surface area contributed by atoms with Gasteiger partial charge in [-0.3, -0.25) is 9.59 Å². The molecule has 0 unspecified atom stereocenters. The Hall–Kier alpha value is -2.72. The Morgan fingerprint density at radius 2 is 1.24 bits per heavy atom. The molecule has 2 N–H and O–H groups in total. The Morgan fingerprint density at radius 3 is 1.64 bits per heavy atom. The molecule has 0 aliphatic heterocycles. The zero-order valence-electron chi connectivity index (χ0n) is 13.6. The minimum Gasteiger partial charge on any atom is -0.474 e. The van der Waals surface area contributed by atoms with E-state index in [2.05, 4.69) is 10.2 Å². The summed E-state index contributed by atoms with van der Waals surface area (Å²) in [4.78, 5) is 23.6. The molecule has 2 heterocycles. The lowest BCUT2D eigenvalue weighted by Crippen LogP contribution is -2.26. The highest BCUT2D eigenvalue weighted by molar-refractivity contribution is 5.07. The first-order chi connectivity index (χ1) is 12.1. The van der Waals surface area contributed by atoms with Crippen LogP contribution in [-0.2, 0) is 13.1 Å². The maximum atomic E-state index is 11.8. The first-order valence-corrected chi connectivity index (χ1v) is 7.77. The van der Waals surface area contributed by atoms with Crippen molar-refractivity contribution in [2.24, 2.45) is 0 Å². The highest BCUT2D eigenvalue weighted by Gasteiger charge is 2.05. The average Bonchev–Trinajstić information content (AvgIpc) is 2.62. The lowest BCUT2D eigenvalue weighted by Gasteiger charge is -2.09. The molecule has 0 aliphatic rings. The number of hydrogen-bond acceptors (Lipinski definition) is 8. The van der Waals surface area contributed by atoms with E-state index in [9.17, 15) is 9.59 Å². The highest BCUT2D eigenvalue weighted by atomic mass is 16.5. The van der Waals surface area contributed by atoms with Gasteiger partial charge in [-0.05, 0) is 6.42 Å². The van der Waals surface area contributed by atoms with Gasteiger partial charge in [0.25, 0.3) is 11.1 Å². The van der Waals surface area contributed by atoms with E-state index < -0.39 is 0 Å². The molecular formula is C15H20N4O6. The zero-order chi connectivity index (χ0) is 18.1. The second-order valence-corrected chi connectivity index (χ2v) is 4.96. The van der Waals surface area contributed by atoms with Gasteiger partial charge in [0, 0.05) is 37.4 Å². The molecule has 0 fully saturated rings. The van der Waals surface area contributed by atoms with Crippen molar-refractivity contribution in [3.63, 3.8) is 0 Å². The summed E-state index contributed by atoms with van der Waals surface area (Å²) in [7, 11) is 0. The molecule has 136 valence electrons. The fourth-order valence-electron chi connectivity index (χ4n) is 2.01. The van der Waals surface area contributed by atoms with E-state index in [-0.39, 0.29) is 62.4 Å². The lowest BCUT2D eigenvalue weighted by molar-refractivity contribution is 0.192. The molecule has 10 heteroatoms. The van der Waals surface area contributed by atoms with E-state index in [4.69, 9.17) is 19.7 Å². The lowest BCUT2D eigenvalue weighted by atomic mass is 10.4. The Balaban J connectivity index is 1.98. The number of hydrogen-bond donors (Lipinski definition) is 2. The summed E-state index contributed by atoms with van der Waals surface area (Å²) in [5, 5.41) is 25.5. The smallest absolute Gasteiger partial charge is 0.266 e. The minimum atomic E-state index is -0.295. The van der Waals surface area contributed by atoms with Gasteiger partial charge in [-0.25, -0.2) is 9.36 Å². The van der Waals surface area contributed by atoms with Crippen LogP contribution in [0.1, 0.15) is 6.42 Å². The van der Waals surface area contributed by atoms with Gasteiger partial charge < -0.3 is 19.7 Å². The van der Waals surface area contributed by atoms with Crippen LogP contribution in [0.3, 0.4) is 0 Å². The van der Waals surface area contributed by atoms with Crippen LogP contribution in [0.2, 0.25) is 0 Å². The van der Waals surface area contributed by atoms with E-state index in [0.29, 0.717) is 6.42 Å². The number of aliphatic hydroxyl groups excluding tert-OH is 2. The fourth-order valence-corrected chi connectivity index (χ4v) is 2.01. The number of aliphatic hydroxyl groups is 2. The summed E-state index contributed by atoms with van der Waals surface area (Å²) in [6, 6.07) is 5.52. The van der Waals surface area contributed by atoms with Crippen LogP contribution in [0.15, 0.2) is 33.9 Å². The third-order valence-electron chi connectivity index (χ3n) is 3.11. The Bertz CT molecular complexity index is 723. The van der Waals surface area contributed by atoms with Crippen molar-refractivity contribution in [3.8, 4) is 11.8 Å². The van der Waals surface area contributed by atoms with Crippen molar-refractivity contribution in [1.82, 2.24) is 19.6 Å². The van der Waals surface area contributed by atoms with Crippen molar-refractivity contribution in [2.45, 2.75) is 19.5 Å². The molecule has 0 aliphatic carbocycles. The van der Waals surface area contributed by atoms with E-state index in [1.165, 1.54) is 33.6 Å². The highest BCUT2D eigenvalue weighted by Crippen LogP contribution is 2.03. The molecule has 0 spiro atoms. The SMILES string of the molecule is O=c1ccc(OCCO)nn1CCCn1nc(OCCO)ccc1=O. The summed E-state index contributed by atoms with van der Waals surface area (Å²) in [5.41, 5.74) is -0.589. The average molecular weight is 352 g/mol. The zero-order valence-corrected chi connectivity index (χ0v) is 13.6. The van der Waals surface area contributed by atoms with Gasteiger partial charge in [0.2, 0.25) is 11.8 Å². The Kier molecular flexibility index (Phi) is 7.11. The molecule has 0 bridgehead atoms. The van der Waals surface area contributed by atoms with Gasteiger partial charge in [0.15, 0.2) is 0 Å². The molecule has 0 amide bonds. The Morgan fingerprint density at radius 1 is 0.800 bits per heavy atom. The number of nitrogens with zero attached hydrogens (tertiary/aromatic N) is 4. The first-order valence-electron chi connectivity index (χ1n) is 7.77. The second kappa shape index (κ2) is 9.55. The predicted molar refractivity (Wildman–Crippen MR) is 86.8 cm³/mol. The van der Waals surface area contributed by atoms with Crippen molar-refractivity contribution in [3.05, 3.63) is 45.0 Å². The third-order valence-corrected chi connectivity index (χ3v) is 3.11. The molecule has 0 saturated heterocycles. The van der Waals surface area contributed by atoms with E-state index in [1.807, 2.05) is 0 Å². The van der Waals surface area contributed by atoms with Gasteiger partial charge in [0.05, 0.1) is 13.2 Å². The maximum Gasteiger partial charge on any atom is 0.266 e. The van der Waals surface area contributed by atoms with Crippen LogP contribution in [0.25, 0.3) is 0 Å². The van der Waals surface area contributed by atoms with Gasteiger partial charge in [-0.1, -0.05) is 0 Å². The summed E-state index contributed by atoms with van der Waals surface area (Å²) < 4.78 is 12.8. The summed E-state index contributed by atoms with van der Waals surface area (Å²) in [5.74, 6) is 0.478. The van der Waals surface area contributed by atoms with Crippen LogP contribution in [0.4, 0.5) is 0 Å². The standard InChI is InChI=1S/C15H20N4O6/c20-8-10-24-12-2-4-14(22)18(16-12)6-1-7-19-15(23)5-3-13(17-19)25-11-9-21/h2-5,20-21H,1,6-11H2. The quantitative estimate of drug-likeness (QED) is 0.536. The molecule has 2 aromatic rings. The maximum absolute atomic E-state index is 11.8. The van der Waals surface area contributed by atoms with Crippen LogP contribution in [0.5, 0.6) is 11.8 Å². The largest absolute Gasteiger partial charge is 0.474 e. The molecule has 0 atom stereocenters. The monoisotopic (exact) mass is 352 g/mol. The van der Waals surface area contributed by atoms with Crippen molar-refractivity contribution >= 4 is 0 Å². The van der Waals surface area contributed by atoms with Gasteiger partial charge in [-0.2, -0.15) is 0 Å². The summed E-state index contributed by atoms with van der Waals surface area (Å²) >= 11 is 0. The Labute approximate surface area is 142 Å². The molecular weight excluding hydrogens is 332 g/mol. The summed E-state index contributed by atoms with van der Waals surface area (Å²) in [6.45, 7) is 0.417. The number of ether oxygens (including phenoxy) is 2. The van der Waals surface area contributed by atoms with Crippen molar-refractivity contribution < 1.29 is 19.7 Å².